The molecule has 0 fully saturated rings. The van der Waals surface area contributed by atoms with Gasteiger partial charge in [-0.25, -0.2) is 9.59 Å². The Morgan fingerprint density at radius 2 is 1.70 bits per heavy atom. The number of rotatable bonds is 6. The fourth-order valence-corrected chi connectivity index (χ4v) is 1.75. The van der Waals surface area contributed by atoms with Gasteiger partial charge in [-0.2, -0.15) is 0 Å². The van der Waals surface area contributed by atoms with Crippen molar-refractivity contribution in [1.29, 1.82) is 0 Å². The van der Waals surface area contributed by atoms with Gasteiger partial charge in [-0.1, -0.05) is 12.1 Å². The molecule has 0 aliphatic rings. The topological polar surface area (TPSA) is 64.6 Å². The van der Waals surface area contributed by atoms with Crippen molar-refractivity contribution in [1.82, 2.24) is 0 Å². The Hall–Kier alpha value is -1.82. The van der Waals surface area contributed by atoms with E-state index in [1.54, 1.807) is 19.9 Å². The molecule has 0 spiro atoms. The molecule has 0 saturated carbocycles. The van der Waals surface area contributed by atoms with Crippen LogP contribution in [-0.2, 0) is 19.1 Å². The zero-order valence-corrected chi connectivity index (χ0v) is 12.9. The van der Waals surface area contributed by atoms with E-state index in [0.717, 1.165) is 10.2 Å². The highest BCUT2D eigenvalue weighted by atomic mass is 79.9. The van der Waals surface area contributed by atoms with Gasteiger partial charge in [-0.3, -0.25) is 0 Å². The van der Waals surface area contributed by atoms with Crippen LogP contribution in [0, 0.1) is 0 Å². The summed E-state index contributed by atoms with van der Waals surface area (Å²) < 4.78 is 10.5. The molecule has 1 N–H and O–H groups in total. The quantitative estimate of drug-likeness (QED) is 0.373. The molecule has 108 valence electrons. The number of carbonyl (C=O) groups excluding carboxylic acids is 2. The molecule has 0 amide bonds. The minimum atomic E-state index is -0.717. The third-order valence-electron chi connectivity index (χ3n) is 2.24. The molecule has 1 aromatic rings. The van der Waals surface area contributed by atoms with Gasteiger partial charge in [0.05, 0.1) is 18.9 Å². The number of carbonyl (C=O) groups is 2. The first-order chi connectivity index (χ1) is 9.60. The number of anilines is 1. The third-order valence-corrected chi connectivity index (χ3v) is 2.93. The van der Waals surface area contributed by atoms with Crippen LogP contribution in [0.15, 0.2) is 40.5 Å². The Bertz CT molecular complexity index is 494. The van der Waals surface area contributed by atoms with Crippen molar-refractivity contribution in [2.75, 3.05) is 18.5 Å². The third kappa shape index (κ3) is 4.70. The van der Waals surface area contributed by atoms with E-state index in [0.29, 0.717) is 0 Å². The van der Waals surface area contributed by atoms with Crippen molar-refractivity contribution >= 4 is 33.6 Å². The summed E-state index contributed by atoms with van der Waals surface area (Å²) >= 11 is 3.36. The summed E-state index contributed by atoms with van der Waals surface area (Å²) in [5.41, 5.74) is 0.544. The highest BCUT2D eigenvalue weighted by Gasteiger charge is 2.20. The lowest BCUT2D eigenvalue weighted by atomic mass is 10.2. The number of nitrogens with one attached hydrogen (secondary N) is 1. The predicted octanol–water partition coefficient (Wildman–Crippen LogP) is 2.87. The van der Waals surface area contributed by atoms with Crippen LogP contribution < -0.4 is 5.32 Å². The average Bonchev–Trinajstić information content (AvgIpc) is 2.41. The number of hydrogen-bond donors (Lipinski definition) is 1. The highest BCUT2D eigenvalue weighted by molar-refractivity contribution is 9.10. The minimum absolute atomic E-state index is 0.176. The summed E-state index contributed by atoms with van der Waals surface area (Å²) in [5.74, 6) is -1.43. The van der Waals surface area contributed by atoms with Gasteiger partial charge < -0.3 is 14.8 Å². The van der Waals surface area contributed by atoms with Crippen LogP contribution in [0.3, 0.4) is 0 Å². The first kappa shape index (κ1) is 16.2. The maximum Gasteiger partial charge on any atom is 0.347 e. The first-order valence-corrected chi connectivity index (χ1v) is 6.94. The molecule has 0 aromatic heterocycles. The molecule has 6 heteroatoms. The number of esters is 2. The number of benzene rings is 1. The van der Waals surface area contributed by atoms with E-state index >= 15 is 0 Å². The zero-order chi connectivity index (χ0) is 15.0. The second-order valence-corrected chi connectivity index (χ2v) is 4.48. The molecule has 0 radical (unpaired) electrons. The lowest BCUT2D eigenvalue weighted by Gasteiger charge is -2.08. The normalized spacial score (nSPS) is 9.55. The Balaban J connectivity index is 2.92. The summed E-state index contributed by atoms with van der Waals surface area (Å²) in [6.07, 6.45) is 1.29. The van der Waals surface area contributed by atoms with Crippen LogP contribution in [0.4, 0.5) is 5.69 Å². The van der Waals surface area contributed by atoms with Gasteiger partial charge in [0.25, 0.3) is 0 Å². The Morgan fingerprint density at radius 1 is 1.15 bits per heavy atom. The van der Waals surface area contributed by atoms with Gasteiger partial charge >= 0.3 is 11.9 Å². The largest absolute Gasteiger partial charge is 0.462 e. The van der Waals surface area contributed by atoms with Crippen LogP contribution in [0.2, 0.25) is 0 Å². The molecule has 0 heterocycles. The molecule has 0 saturated heterocycles. The predicted molar refractivity (Wildman–Crippen MR) is 79.1 cm³/mol. The van der Waals surface area contributed by atoms with Crippen LogP contribution in [-0.4, -0.2) is 25.2 Å². The van der Waals surface area contributed by atoms with E-state index in [1.807, 2.05) is 18.2 Å². The standard InChI is InChI=1S/C14H16BrNO4/c1-3-19-13(17)10(14(18)20-4-2)9-16-12-8-6-5-7-11(12)15/h5-9,16H,3-4H2,1-2H3. The molecule has 0 unspecified atom stereocenters. The summed E-state index contributed by atoms with van der Waals surface area (Å²) in [6, 6.07) is 7.32. The van der Waals surface area contributed by atoms with Crippen molar-refractivity contribution in [3.8, 4) is 0 Å². The molecule has 5 nitrogen and oxygen atoms in total. The SMILES string of the molecule is CCOC(=O)C(=CNc1ccccc1Br)C(=O)OCC. The van der Waals surface area contributed by atoms with Gasteiger partial charge in [-0.15, -0.1) is 0 Å². The van der Waals surface area contributed by atoms with E-state index in [1.165, 1.54) is 6.20 Å². The van der Waals surface area contributed by atoms with Crippen LogP contribution in [0.25, 0.3) is 0 Å². The summed E-state index contributed by atoms with van der Waals surface area (Å²) in [7, 11) is 0. The summed E-state index contributed by atoms with van der Waals surface area (Å²) in [5, 5.41) is 2.88. The van der Waals surface area contributed by atoms with Crippen LogP contribution in [0.5, 0.6) is 0 Å². The molecule has 0 bridgehead atoms. The van der Waals surface area contributed by atoms with Gasteiger partial charge in [0.1, 0.15) is 0 Å². The number of ether oxygens (including phenoxy) is 2. The van der Waals surface area contributed by atoms with E-state index in [9.17, 15) is 9.59 Å². The molecule has 1 rings (SSSR count). The smallest absolute Gasteiger partial charge is 0.347 e. The lowest BCUT2D eigenvalue weighted by Crippen LogP contribution is -2.19. The molecule has 0 aliphatic heterocycles. The molecular formula is C14H16BrNO4. The maximum absolute atomic E-state index is 11.7. The number of halogens is 1. The van der Waals surface area contributed by atoms with Crippen molar-refractivity contribution < 1.29 is 19.1 Å². The minimum Gasteiger partial charge on any atom is -0.462 e. The Kier molecular flexibility index (Phi) is 6.79. The van der Waals surface area contributed by atoms with Crippen molar-refractivity contribution in [3.05, 3.63) is 40.5 Å². The summed E-state index contributed by atoms with van der Waals surface area (Å²) in [6.45, 7) is 3.71. The maximum atomic E-state index is 11.7. The molecule has 0 atom stereocenters. The van der Waals surface area contributed by atoms with Gasteiger partial charge in [0.15, 0.2) is 5.57 Å². The Labute approximate surface area is 126 Å². The molecule has 20 heavy (non-hydrogen) atoms. The average molecular weight is 342 g/mol. The van der Waals surface area contributed by atoms with E-state index in [4.69, 9.17) is 9.47 Å². The highest BCUT2D eigenvalue weighted by Crippen LogP contribution is 2.21. The second kappa shape index (κ2) is 8.37. The van der Waals surface area contributed by atoms with Gasteiger partial charge in [-0.05, 0) is 41.9 Å². The van der Waals surface area contributed by atoms with Crippen molar-refractivity contribution in [3.63, 3.8) is 0 Å². The fourth-order valence-electron chi connectivity index (χ4n) is 1.35. The molecule has 1 aromatic carbocycles. The van der Waals surface area contributed by atoms with Gasteiger partial charge in [0.2, 0.25) is 0 Å². The second-order valence-electron chi connectivity index (χ2n) is 3.62. The van der Waals surface area contributed by atoms with E-state index in [2.05, 4.69) is 21.2 Å². The first-order valence-electron chi connectivity index (χ1n) is 6.15. The lowest BCUT2D eigenvalue weighted by molar-refractivity contribution is -0.146. The van der Waals surface area contributed by atoms with E-state index < -0.39 is 11.9 Å². The summed E-state index contributed by atoms with van der Waals surface area (Å²) in [4.78, 5) is 23.4. The number of hydrogen-bond acceptors (Lipinski definition) is 5. The van der Waals surface area contributed by atoms with Gasteiger partial charge in [0, 0.05) is 10.7 Å². The Morgan fingerprint density at radius 3 is 2.20 bits per heavy atom. The zero-order valence-electron chi connectivity index (χ0n) is 11.3. The van der Waals surface area contributed by atoms with Crippen LogP contribution >= 0.6 is 15.9 Å². The monoisotopic (exact) mass is 341 g/mol. The number of para-hydroxylation sites is 1. The van der Waals surface area contributed by atoms with Crippen LogP contribution in [0.1, 0.15) is 13.8 Å². The molecule has 0 aliphatic carbocycles. The van der Waals surface area contributed by atoms with Crippen molar-refractivity contribution in [2.24, 2.45) is 0 Å². The van der Waals surface area contributed by atoms with E-state index in [-0.39, 0.29) is 18.8 Å². The molecular weight excluding hydrogens is 326 g/mol. The van der Waals surface area contributed by atoms with Crippen molar-refractivity contribution in [2.45, 2.75) is 13.8 Å². The fraction of sp³-hybridized carbons (Fsp3) is 0.286.